The highest BCUT2D eigenvalue weighted by atomic mass is 16.3. The van der Waals surface area contributed by atoms with Gasteiger partial charge in [0.2, 0.25) is 5.91 Å². The first kappa shape index (κ1) is 42.0. The third kappa shape index (κ3) is 21.7. The quantitative estimate of drug-likeness (QED) is 0.0462. The van der Waals surface area contributed by atoms with Gasteiger partial charge in [-0.1, -0.05) is 153 Å². The number of aliphatic hydroxyl groups excluding tert-OH is 3. The molecule has 0 unspecified atom stereocenters. The van der Waals surface area contributed by atoms with Gasteiger partial charge in [0.15, 0.2) is 5.78 Å². The maximum atomic E-state index is 12.4. The number of carbonyl (C=O) groups is 2. The number of nitrogens with one attached hydrogen (secondary N) is 1. The first-order valence-corrected chi connectivity index (χ1v) is 18.9. The summed E-state index contributed by atoms with van der Waals surface area (Å²) in [4.78, 5) is 24.7. The zero-order chi connectivity index (χ0) is 33.7. The van der Waals surface area contributed by atoms with E-state index < -0.39 is 18.2 Å². The summed E-state index contributed by atoms with van der Waals surface area (Å²) in [5.74, 6) is -0.220. The Balaban J connectivity index is 2.15. The summed E-state index contributed by atoms with van der Waals surface area (Å²) in [6.07, 6.45) is 38.1. The number of hydrogen-bond donors (Lipinski definition) is 4. The molecule has 0 aromatic heterocycles. The van der Waals surface area contributed by atoms with Crippen molar-refractivity contribution in [2.75, 3.05) is 6.61 Å². The molecule has 0 aliphatic heterocycles. The smallest absolute Gasteiger partial charge is 0.220 e. The van der Waals surface area contributed by atoms with Gasteiger partial charge in [-0.15, -0.1) is 0 Å². The van der Waals surface area contributed by atoms with Gasteiger partial charge < -0.3 is 20.6 Å². The van der Waals surface area contributed by atoms with Crippen LogP contribution in [-0.2, 0) is 9.59 Å². The van der Waals surface area contributed by atoms with Crippen molar-refractivity contribution in [3.8, 4) is 0 Å². The number of ketones is 1. The molecule has 6 heteroatoms. The monoisotopic (exact) mass is 644 g/mol. The molecular formula is C40H69NO5. The van der Waals surface area contributed by atoms with Gasteiger partial charge in [0.05, 0.1) is 24.9 Å². The van der Waals surface area contributed by atoms with E-state index in [1.807, 2.05) is 24.3 Å². The highest BCUT2D eigenvalue weighted by Crippen LogP contribution is 2.27. The Labute approximate surface area is 281 Å². The molecule has 1 aliphatic rings. The maximum absolute atomic E-state index is 12.4. The third-order valence-electron chi connectivity index (χ3n) is 9.05. The van der Waals surface area contributed by atoms with Gasteiger partial charge in [0.1, 0.15) is 0 Å². The molecule has 46 heavy (non-hydrogen) atoms. The summed E-state index contributed by atoms with van der Waals surface area (Å²) in [5.41, 5.74) is 0. The predicted molar refractivity (Wildman–Crippen MR) is 192 cm³/mol. The molecular weight excluding hydrogens is 574 g/mol. The van der Waals surface area contributed by atoms with Gasteiger partial charge in [-0.25, -0.2) is 0 Å². The predicted octanol–water partition coefficient (Wildman–Crippen LogP) is 8.85. The molecule has 4 N–H and O–H groups in total. The lowest BCUT2D eigenvalue weighted by atomic mass is 9.90. The van der Waals surface area contributed by atoms with E-state index in [9.17, 15) is 24.9 Å². The molecule has 5 atom stereocenters. The zero-order valence-corrected chi connectivity index (χ0v) is 29.4. The van der Waals surface area contributed by atoms with Crippen molar-refractivity contribution in [3.05, 3.63) is 48.6 Å². The molecule has 264 valence electrons. The van der Waals surface area contributed by atoms with Crippen molar-refractivity contribution in [2.45, 2.75) is 173 Å². The van der Waals surface area contributed by atoms with E-state index in [0.29, 0.717) is 12.8 Å². The van der Waals surface area contributed by atoms with E-state index in [2.05, 4.69) is 25.2 Å². The average Bonchev–Trinajstić information content (AvgIpc) is 3.40. The van der Waals surface area contributed by atoms with E-state index in [1.165, 1.54) is 77.0 Å². The van der Waals surface area contributed by atoms with E-state index in [-0.39, 0.29) is 30.1 Å². The van der Waals surface area contributed by atoms with Gasteiger partial charge in [-0.05, 0) is 50.5 Å². The van der Waals surface area contributed by atoms with Crippen LogP contribution >= 0.6 is 0 Å². The number of allylic oxidation sites excluding steroid dienone is 6. The fraction of sp³-hybridized carbons (Fsp3) is 0.750. The van der Waals surface area contributed by atoms with E-state index in [0.717, 1.165) is 51.4 Å². The average molecular weight is 644 g/mol. The minimum Gasteiger partial charge on any atom is -0.394 e. The summed E-state index contributed by atoms with van der Waals surface area (Å²) >= 11 is 0. The summed E-state index contributed by atoms with van der Waals surface area (Å²) in [6.45, 7) is 4.09. The molecule has 0 aromatic carbocycles. The molecule has 0 spiro atoms. The second-order valence-corrected chi connectivity index (χ2v) is 13.3. The normalized spacial score (nSPS) is 18.8. The number of carbonyl (C=O) groups excluding carboxylic acids is 2. The van der Waals surface area contributed by atoms with Crippen molar-refractivity contribution < 1.29 is 24.9 Å². The number of aliphatic hydroxyl groups is 3. The van der Waals surface area contributed by atoms with Crippen LogP contribution in [-0.4, -0.2) is 51.9 Å². The van der Waals surface area contributed by atoms with Crippen LogP contribution in [0.15, 0.2) is 48.6 Å². The number of rotatable bonds is 30. The van der Waals surface area contributed by atoms with Crippen LogP contribution in [0.3, 0.4) is 0 Å². The minimum absolute atomic E-state index is 0.0853. The standard InChI is InChI=1S/C40H69NO5/c1-3-5-7-8-9-10-11-12-13-14-15-16-17-18-23-27-39(45)37(33-42)41-40(46)28-24-20-19-22-25-34-29-32-38(44)36(34)31-30-35(43)26-21-6-4-2/h19,22-23,27,29-32,34-37,39,42-43,45H,3-18,20-21,24-26,28,33H2,1-2H3,(H,41,46)/b22-19-,27-23+,31-30+/t34-,35-,36+,37-,39+/m0/s1. The first-order chi connectivity index (χ1) is 22.4. The number of hydrogen-bond acceptors (Lipinski definition) is 5. The van der Waals surface area contributed by atoms with E-state index >= 15 is 0 Å². The Bertz CT molecular complexity index is 879. The fourth-order valence-corrected chi connectivity index (χ4v) is 5.99. The fourth-order valence-electron chi connectivity index (χ4n) is 5.99. The van der Waals surface area contributed by atoms with E-state index in [4.69, 9.17) is 0 Å². The van der Waals surface area contributed by atoms with Gasteiger partial charge in [0.25, 0.3) is 0 Å². The maximum Gasteiger partial charge on any atom is 0.220 e. The third-order valence-corrected chi connectivity index (χ3v) is 9.05. The summed E-state index contributed by atoms with van der Waals surface area (Å²) < 4.78 is 0. The van der Waals surface area contributed by atoms with E-state index in [1.54, 1.807) is 18.2 Å². The number of amides is 1. The topological polar surface area (TPSA) is 107 Å². The Morgan fingerprint density at radius 2 is 1.37 bits per heavy atom. The largest absolute Gasteiger partial charge is 0.394 e. The van der Waals surface area contributed by atoms with Gasteiger partial charge in [-0.3, -0.25) is 9.59 Å². The van der Waals surface area contributed by atoms with Crippen LogP contribution in [0.4, 0.5) is 0 Å². The van der Waals surface area contributed by atoms with Crippen LogP contribution in [0.25, 0.3) is 0 Å². The molecule has 0 saturated heterocycles. The van der Waals surface area contributed by atoms with Gasteiger partial charge in [-0.2, -0.15) is 0 Å². The second kappa shape index (κ2) is 29.1. The Morgan fingerprint density at radius 1 is 0.783 bits per heavy atom. The molecule has 1 rings (SSSR count). The lowest BCUT2D eigenvalue weighted by molar-refractivity contribution is -0.123. The van der Waals surface area contributed by atoms with Gasteiger partial charge >= 0.3 is 0 Å². The first-order valence-electron chi connectivity index (χ1n) is 18.9. The minimum atomic E-state index is -0.905. The summed E-state index contributed by atoms with van der Waals surface area (Å²) in [7, 11) is 0. The van der Waals surface area contributed by atoms with Crippen LogP contribution in [0, 0.1) is 11.8 Å². The highest BCUT2D eigenvalue weighted by molar-refractivity contribution is 5.95. The SMILES string of the molecule is CCCCCCCCCCCCCCC/C=C/[C@@H](O)[C@H](CO)NC(=O)CCC/C=C\C[C@H]1C=CC(=O)[C@@H]1/C=C/[C@@H](O)CCCCC. The highest BCUT2D eigenvalue weighted by Gasteiger charge is 2.27. The van der Waals surface area contributed by atoms with Crippen molar-refractivity contribution in [2.24, 2.45) is 11.8 Å². The Kier molecular flexibility index (Phi) is 26.6. The lowest BCUT2D eigenvalue weighted by Gasteiger charge is -2.19. The molecule has 0 aromatic rings. The van der Waals surface area contributed by atoms with Gasteiger partial charge in [0, 0.05) is 12.3 Å². The molecule has 6 nitrogen and oxygen atoms in total. The molecule has 0 saturated carbocycles. The van der Waals surface area contributed by atoms with Crippen molar-refractivity contribution in [1.29, 1.82) is 0 Å². The van der Waals surface area contributed by atoms with Crippen LogP contribution < -0.4 is 5.32 Å². The summed E-state index contributed by atoms with van der Waals surface area (Å²) in [5, 5.41) is 33.1. The van der Waals surface area contributed by atoms with Crippen molar-refractivity contribution >= 4 is 11.7 Å². The van der Waals surface area contributed by atoms with Crippen LogP contribution in [0.5, 0.6) is 0 Å². The van der Waals surface area contributed by atoms with Crippen LogP contribution in [0.1, 0.15) is 155 Å². The number of unbranched alkanes of at least 4 members (excludes halogenated alkanes) is 16. The molecule has 0 fully saturated rings. The molecule has 0 radical (unpaired) electrons. The Morgan fingerprint density at radius 3 is 2.00 bits per heavy atom. The van der Waals surface area contributed by atoms with Crippen LogP contribution in [0.2, 0.25) is 0 Å². The molecule has 0 bridgehead atoms. The molecule has 1 aliphatic carbocycles. The molecule has 1 amide bonds. The molecule has 0 heterocycles. The van der Waals surface area contributed by atoms with Crippen molar-refractivity contribution in [3.63, 3.8) is 0 Å². The summed E-state index contributed by atoms with van der Waals surface area (Å²) in [6, 6.07) is -0.701. The lowest BCUT2D eigenvalue weighted by Crippen LogP contribution is -2.45. The van der Waals surface area contributed by atoms with Crippen molar-refractivity contribution in [1.82, 2.24) is 5.32 Å². The zero-order valence-electron chi connectivity index (χ0n) is 29.4. The Hall–Kier alpha value is -2.02. The second-order valence-electron chi connectivity index (χ2n) is 13.3.